The first kappa shape index (κ1) is 19.1. The van der Waals surface area contributed by atoms with E-state index in [1.165, 1.54) is 12.1 Å². The zero-order valence-electron chi connectivity index (χ0n) is 15.2. The number of hydrogen-bond acceptors (Lipinski definition) is 3. The van der Waals surface area contributed by atoms with Crippen LogP contribution in [0.3, 0.4) is 0 Å². The molecule has 1 N–H and O–H groups in total. The normalized spacial score (nSPS) is 16.2. The first-order valence-corrected chi connectivity index (χ1v) is 9.08. The van der Waals surface area contributed by atoms with Gasteiger partial charge in [-0.15, -0.1) is 0 Å². The molecule has 3 aromatic rings. The molecule has 0 saturated heterocycles. The van der Waals surface area contributed by atoms with Crippen LogP contribution in [0, 0.1) is 0 Å². The van der Waals surface area contributed by atoms with Crippen molar-refractivity contribution in [2.45, 2.75) is 24.9 Å². The average Bonchev–Trinajstić information content (AvgIpc) is 2.67. The number of carboxylic acids is 1. The summed E-state index contributed by atoms with van der Waals surface area (Å²) in [5, 5.41) is 9.49. The first-order valence-electron chi connectivity index (χ1n) is 9.08. The molecule has 4 nitrogen and oxygen atoms in total. The highest BCUT2D eigenvalue weighted by Crippen LogP contribution is 2.42. The quantitative estimate of drug-likeness (QED) is 0.582. The van der Waals surface area contributed by atoms with Gasteiger partial charge in [0.1, 0.15) is 17.2 Å². The van der Waals surface area contributed by atoms with E-state index in [1.807, 2.05) is 0 Å². The number of benzene rings is 3. The Balaban J connectivity index is 1.69. The fourth-order valence-corrected chi connectivity index (χ4v) is 3.66. The number of ether oxygens (including phenoxy) is 2. The molecule has 4 rings (SSSR count). The van der Waals surface area contributed by atoms with Gasteiger partial charge in [0.15, 0.2) is 0 Å². The second-order valence-corrected chi connectivity index (χ2v) is 6.89. The van der Waals surface area contributed by atoms with Gasteiger partial charge >= 0.3 is 12.1 Å². The van der Waals surface area contributed by atoms with Gasteiger partial charge in [0.05, 0.1) is 18.6 Å². The number of aliphatic carboxylic acids is 1. The summed E-state index contributed by atoms with van der Waals surface area (Å²) in [6.07, 6.45) is -3.83. The van der Waals surface area contributed by atoms with Crippen molar-refractivity contribution >= 4 is 16.7 Å². The van der Waals surface area contributed by atoms with E-state index in [9.17, 15) is 18.0 Å². The van der Waals surface area contributed by atoms with Gasteiger partial charge < -0.3 is 14.6 Å². The number of fused-ring (bicyclic) bond motifs is 2. The van der Waals surface area contributed by atoms with Gasteiger partial charge in [-0.1, -0.05) is 30.3 Å². The highest BCUT2D eigenvalue weighted by atomic mass is 19.4. The molecular formula is C22H17F3O4. The summed E-state index contributed by atoms with van der Waals surface area (Å²) >= 11 is 0. The van der Waals surface area contributed by atoms with Crippen molar-refractivity contribution in [1.29, 1.82) is 0 Å². The number of alkyl halides is 3. The predicted octanol–water partition coefficient (Wildman–Crippen LogP) is 5.99. The van der Waals surface area contributed by atoms with Gasteiger partial charge in [0.2, 0.25) is 0 Å². The molecule has 0 aliphatic carbocycles. The van der Waals surface area contributed by atoms with E-state index < -0.39 is 17.7 Å². The van der Waals surface area contributed by atoms with Crippen LogP contribution >= 0.6 is 0 Å². The van der Waals surface area contributed by atoms with Crippen molar-refractivity contribution < 1.29 is 32.5 Å². The van der Waals surface area contributed by atoms with Gasteiger partial charge in [0.25, 0.3) is 0 Å². The van der Waals surface area contributed by atoms with Crippen molar-refractivity contribution in [3.8, 4) is 17.2 Å². The number of halogens is 3. The van der Waals surface area contributed by atoms with Crippen molar-refractivity contribution in [1.82, 2.24) is 0 Å². The van der Waals surface area contributed by atoms with E-state index in [1.54, 1.807) is 36.4 Å². The zero-order valence-corrected chi connectivity index (χ0v) is 15.2. The Morgan fingerprint density at radius 1 is 1.10 bits per heavy atom. The summed E-state index contributed by atoms with van der Waals surface area (Å²) in [5.41, 5.74) is 0.0778. The third kappa shape index (κ3) is 3.85. The van der Waals surface area contributed by atoms with Crippen LogP contribution in [-0.2, 0) is 11.0 Å². The Morgan fingerprint density at radius 3 is 2.59 bits per heavy atom. The standard InChI is InChI=1S/C22H17F3O4/c23-22(24,25)18-7-8-19(17-4-2-1-3-16(17)18)29-14-5-6-15-13(11-21(26)27)9-10-28-20(15)12-14/h1-8,12-13H,9-11H2,(H,26,27)/t13-/m0/s1. The minimum absolute atomic E-state index is 0.0140. The first-order chi connectivity index (χ1) is 13.8. The molecule has 0 saturated carbocycles. The maximum Gasteiger partial charge on any atom is 0.417 e. The predicted molar refractivity (Wildman–Crippen MR) is 101 cm³/mol. The molecular weight excluding hydrogens is 385 g/mol. The molecule has 0 fully saturated rings. The number of carbonyl (C=O) groups is 1. The highest BCUT2D eigenvalue weighted by molar-refractivity contribution is 5.91. The van der Waals surface area contributed by atoms with Crippen LogP contribution in [0.5, 0.6) is 17.2 Å². The van der Waals surface area contributed by atoms with Gasteiger partial charge in [0, 0.05) is 17.4 Å². The van der Waals surface area contributed by atoms with Gasteiger partial charge in [-0.05, 0) is 35.6 Å². The second kappa shape index (κ2) is 7.31. The SMILES string of the molecule is O=C(O)C[C@@H]1CCOc2cc(Oc3ccc(C(F)(F)F)c4ccccc34)ccc21. The topological polar surface area (TPSA) is 55.8 Å². The van der Waals surface area contributed by atoms with E-state index in [-0.39, 0.29) is 17.7 Å². The maximum absolute atomic E-state index is 13.3. The molecule has 0 bridgehead atoms. The lowest BCUT2D eigenvalue weighted by Gasteiger charge is -2.25. The highest BCUT2D eigenvalue weighted by Gasteiger charge is 2.33. The van der Waals surface area contributed by atoms with Crippen LogP contribution in [0.1, 0.15) is 29.9 Å². The Hall–Kier alpha value is -3.22. The molecule has 0 aromatic heterocycles. The summed E-state index contributed by atoms with van der Waals surface area (Å²) in [4.78, 5) is 11.1. The Kier molecular flexibility index (Phi) is 4.82. The molecule has 7 heteroatoms. The molecule has 0 amide bonds. The lowest BCUT2D eigenvalue weighted by Crippen LogP contribution is -2.16. The van der Waals surface area contributed by atoms with E-state index in [4.69, 9.17) is 14.6 Å². The van der Waals surface area contributed by atoms with Gasteiger partial charge in [-0.3, -0.25) is 4.79 Å². The number of hydrogen-bond donors (Lipinski definition) is 1. The van der Waals surface area contributed by atoms with Crippen molar-refractivity contribution in [3.05, 3.63) is 65.7 Å². The van der Waals surface area contributed by atoms with E-state index in [0.717, 1.165) is 11.6 Å². The molecule has 29 heavy (non-hydrogen) atoms. The van der Waals surface area contributed by atoms with Crippen molar-refractivity contribution in [3.63, 3.8) is 0 Å². The lowest BCUT2D eigenvalue weighted by atomic mass is 9.90. The molecule has 1 aliphatic heterocycles. The summed E-state index contributed by atoms with van der Waals surface area (Å²) in [6, 6.07) is 13.6. The molecule has 0 spiro atoms. The maximum atomic E-state index is 13.3. The minimum Gasteiger partial charge on any atom is -0.493 e. The van der Waals surface area contributed by atoms with Gasteiger partial charge in [-0.2, -0.15) is 13.2 Å². The number of carboxylic acid groups (broad SMARTS) is 1. The molecule has 3 aromatic carbocycles. The third-order valence-electron chi connectivity index (χ3n) is 4.99. The fourth-order valence-electron chi connectivity index (χ4n) is 3.66. The average molecular weight is 402 g/mol. The van der Waals surface area contributed by atoms with Crippen molar-refractivity contribution in [2.75, 3.05) is 6.61 Å². The van der Waals surface area contributed by atoms with Crippen LogP contribution in [-0.4, -0.2) is 17.7 Å². The van der Waals surface area contributed by atoms with Crippen LogP contribution < -0.4 is 9.47 Å². The fraction of sp³-hybridized carbons (Fsp3) is 0.227. The summed E-state index contributed by atoms with van der Waals surface area (Å²) in [5.74, 6) is 0.226. The van der Waals surface area contributed by atoms with Crippen LogP contribution in [0.4, 0.5) is 13.2 Å². The minimum atomic E-state index is -4.46. The van der Waals surface area contributed by atoms with Gasteiger partial charge in [-0.25, -0.2) is 0 Å². The van der Waals surface area contributed by atoms with E-state index >= 15 is 0 Å². The van der Waals surface area contributed by atoms with Crippen molar-refractivity contribution in [2.24, 2.45) is 0 Å². The van der Waals surface area contributed by atoms with Crippen LogP contribution in [0.15, 0.2) is 54.6 Å². The van der Waals surface area contributed by atoms with E-state index in [0.29, 0.717) is 35.7 Å². The Labute approximate surface area is 164 Å². The van der Waals surface area contributed by atoms with Crippen LogP contribution in [0.2, 0.25) is 0 Å². The molecule has 150 valence electrons. The molecule has 1 heterocycles. The monoisotopic (exact) mass is 402 g/mol. The van der Waals surface area contributed by atoms with E-state index in [2.05, 4.69) is 0 Å². The summed E-state index contributed by atoms with van der Waals surface area (Å²) in [6.45, 7) is 0.400. The smallest absolute Gasteiger partial charge is 0.417 e. The summed E-state index contributed by atoms with van der Waals surface area (Å²) < 4.78 is 51.4. The summed E-state index contributed by atoms with van der Waals surface area (Å²) in [7, 11) is 0. The number of rotatable bonds is 4. The lowest BCUT2D eigenvalue weighted by molar-refractivity contribution is -0.138. The molecule has 0 unspecified atom stereocenters. The molecule has 1 aliphatic rings. The van der Waals surface area contributed by atoms with Crippen LogP contribution in [0.25, 0.3) is 10.8 Å². The molecule has 0 radical (unpaired) electrons. The Bertz CT molecular complexity index is 1080. The second-order valence-electron chi connectivity index (χ2n) is 6.89. The largest absolute Gasteiger partial charge is 0.493 e. The third-order valence-corrected chi connectivity index (χ3v) is 4.99. The zero-order chi connectivity index (χ0) is 20.6. The molecule has 1 atom stereocenters. The Morgan fingerprint density at radius 2 is 1.86 bits per heavy atom.